The summed E-state index contributed by atoms with van der Waals surface area (Å²) in [5, 5.41) is 13.4. The summed E-state index contributed by atoms with van der Waals surface area (Å²) >= 11 is 0. The highest BCUT2D eigenvalue weighted by molar-refractivity contribution is 5.81. The molecule has 0 saturated carbocycles. The quantitative estimate of drug-likeness (QED) is 0.658. The summed E-state index contributed by atoms with van der Waals surface area (Å²) in [4.78, 5) is 21.8. The van der Waals surface area contributed by atoms with Gasteiger partial charge < -0.3 is 5.32 Å². The molecule has 1 amide bonds. The van der Waals surface area contributed by atoms with Crippen molar-refractivity contribution in [2.75, 3.05) is 6.54 Å². The Bertz CT molecular complexity index is 450. The zero-order chi connectivity index (χ0) is 13.8. The number of carbonyl (C=O) groups excluding carboxylic acids is 1. The molecule has 0 aliphatic rings. The molecule has 1 rings (SSSR count). The highest BCUT2D eigenvalue weighted by atomic mass is 16.6. The Hall–Kier alpha value is -1.91. The van der Waals surface area contributed by atoms with Gasteiger partial charge in [-0.3, -0.25) is 14.9 Å². The van der Waals surface area contributed by atoms with E-state index in [0.717, 1.165) is 5.56 Å². The van der Waals surface area contributed by atoms with Gasteiger partial charge in [-0.25, -0.2) is 0 Å². The van der Waals surface area contributed by atoms with Crippen molar-refractivity contribution in [3.8, 4) is 0 Å². The van der Waals surface area contributed by atoms with E-state index < -0.39 is 10.3 Å². The van der Waals surface area contributed by atoms with Gasteiger partial charge in [0.15, 0.2) is 0 Å². The lowest BCUT2D eigenvalue weighted by atomic mass is 9.95. The lowest BCUT2D eigenvalue weighted by Crippen LogP contribution is -2.35. The molecule has 0 aliphatic heterocycles. The lowest BCUT2D eigenvalue weighted by molar-refractivity contribution is -0.384. The van der Waals surface area contributed by atoms with Gasteiger partial charge in [-0.15, -0.1) is 0 Å². The number of carbonyl (C=O) groups is 1. The molecule has 5 heteroatoms. The molecular formula is C13H18N2O3. The Morgan fingerprint density at radius 1 is 1.39 bits per heavy atom. The lowest BCUT2D eigenvalue weighted by Gasteiger charge is -2.17. The van der Waals surface area contributed by atoms with Crippen molar-refractivity contribution >= 4 is 11.6 Å². The van der Waals surface area contributed by atoms with Gasteiger partial charge in [-0.1, -0.05) is 32.9 Å². The predicted octanol–water partition coefficient (Wildman–Crippen LogP) is 2.30. The Kier molecular flexibility index (Phi) is 4.42. The fourth-order valence-corrected chi connectivity index (χ4v) is 1.41. The molecule has 0 unspecified atom stereocenters. The molecule has 1 aromatic carbocycles. The van der Waals surface area contributed by atoms with Gasteiger partial charge in [0, 0.05) is 24.1 Å². The van der Waals surface area contributed by atoms with E-state index in [4.69, 9.17) is 0 Å². The third-order valence-electron chi connectivity index (χ3n) is 2.50. The molecule has 0 bridgehead atoms. The summed E-state index contributed by atoms with van der Waals surface area (Å²) in [7, 11) is 0. The average molecular weight is 250 g/mol. The van der Waals surface area contributed by atoms with Crippen LogP contribution in [0.5, 0.6) is 0 Å². The summed E-state index contributed by atoms with van der Waals surface area (Å²) in [6, 6.07) is 6.45. The first-order chi connectivity index (χ1) is 8.30. The van der Waals surface area contributed by atoms with E-state index in [1.54, 1.807) is 6.07 Å². The maximum absolute atomic E-state index is 11.6. The molecule has 0 radical (unpaired) electrons. The smallest absolute Gasteiger partial charge is 0.269 e. The van der Waals surface area contributed by atoms with Crippen LogP contribution in [0.4, 0.5) is 5.69 Å². The van der Waals surface area contributed by atoms with E-state index >= 15 is 0 Å². The van der Waals surface area contributed by atoms with Crippen LogP contribution < -0.4 is 5.32 Å². The molecule has 0 aromatic heterocycles. The number of rotatable bonds is 4. The van der Waals surface area contributed by atoms with Crippen molar-refractivity contribution in [3.05, 3.63) is 39.9 Å². The van der Waals surface area contributed by atoms with E-state index in [9.17, 15) is 14.9 Å². The number of hydrogen-bond acceptors (Lipinski definition) is 3. The summed E-state index contributed by atoms with van der Waals surface area (Å²) in [6.45, 7) is 6.01. The minimum atomic E-state index is -0.419. The van der Waals surface area contributed by atoms with Gasteiger partial charge in [-0.2, -0.15) is 0 Å². The van der Waals surface area contributed by atoms with Crippen molar-refractivity contribution in [2.45, 2.75) is 27.2 Å². The van der Waals surface area contributed by atoms with Crippen LogP contribution in [-0.4, -0.2) is 17.4 Å². The number of hydrogen-bond donors (Lipinski definition) is 1. The number of benzene rings is 1. The highest BCUT2D eigenvalue weighted by Gasteiger charge is 2.20. The van der Waals surface area contributed by atoms with Gasteiger partial charge in [0.05, 0.1) is 4.92 Å². The fourth-order valence-electron chi connectivity index (χ4n) is 1.41. The SMILES string of the molecule is CC(C)(C)C(=O)NCCc1cccc([N+](=O)[O-])c1. The van der Waals surface area contributed by atoms with E-state index in [1.165, 1.54) is 12.1 Å². The van der Waals surface area contributed by atoms with Gasteiger partial charge in [0.25, 0.3) is 5.69 Å². The molecule has 0 atom stereocenters. The van der Waals surface area contributed by atoms with Crippen LogP contribution in [0, 0.1) is 15.5 Å². The number of non-ortho nitro benzene ring substituents is 1. The number of amides is 1. The van der Waals surface area contributed by atoms with Crippen LogP contribution in [0.15, 0.2) is 24.3 Å². The Balaban J connectivity index is 2.52. The first kappa shape index (κ1) is 14.2. The summed E-state index contributed by atoms with van der Waals surface area (Å²) in [5.41, 5.74) is 0.510. The molecule has 0 heterocycles. The van der Waals surface area contributed by atoms with Crippen LogP contribution in [0.3, 0.4) is 0 Å². The van der Waals surface area contributed by atoms with Gasteiger partial charge in [-0.05, 0) is 12.0 Å². The van der Waals surface area contributed by atoms with Crippen LogP contribution in [0.2, 0.25) is 0 Å². The first-order valence-electron chi connectivity index (χ1n) is 5.82. The second-order valence-corrected chi connectivity index (χ2v) is 5.18. The van der Waals surface area contributed by atoms with Crippen LogP contribution >= 0.6 is 0 Å². The van der Waals surface area contributed by atoms with Crippen molar-refractivity contribution in [1.29, 1.82) is 0 Å². The summed E-state index contributed by atoms with van der Waals surface area (Å²) in [6.07, 6.45) is 0.587. The number of nitro benzene ring substituents is 1. The van der Waals surface area contributed by atoms with E-state index in [1.807, 2.05) is 26.8 Å². The Morgan fingerprint density at radius 2 is 2.06 bits per heavy atom. The molecule has 0 fully saturated rings. The normalized spacial score (nSPS) is 11.1. The predicted molar refractivity (Wildman–Crippen MR) is 69.3 cm³/mol. The highest BCUT2D eigenvalue weighted by Crippen LogP contribution is 2.14. The minimum Gasteiger partial charge on any atom is -0.355 e. The third kappa shape index (κ3) is 4.16. The molecule has 1 aromatic rings. The molecule has 18 heavy (non-hydrogen) atoms. The molecule has 0 saturated heterocycles. The molecule has 1 N–H and O–H groups in total. The summed E-state index contributed by atoms with van der Waals surface area (Å²) in [5.74, 6) is -0.0204. The van der Waals surface area contributed by atoms with Crippen molar-refractivity contribution in [3.63, 3.8) is 0 Å². The molecular weight excluding hydrogens is 232 g/mol. The van der Waals surface area contributed by atoms with Crippen LogP contribution in [0.25, 0.3) is 0 Å². The van der Waals surface area contributed by atoms with E-state index in [2.05, 4.69) is 5.32 Å². The Labute approximate surface area is 106 Å². The fraction of sp³-hybridized carbons (Fsp3) is 0.462. The van der Waals surface area contributed by atoms with Gasteiger partial charge in [0.2, 0.25) is 5.91 Å². The maximum Gasteiger partial charge on any atom is 0.269 e. The molecule has 5 nitrogen and oxygen atoms in total. The van der Waals surface area contributed by atoms with Crippen molar-refractivity contribution in [1.82, 2.24) is 5.32 Å². The first-order valence-corrected chi connectivity index (χ1v) is 5.82. The standard InChI is InChI=1S/C13H18N2O3/c1-13(2,3)12(16)14-8-7-10-5-4-6-11(9-10)15(17)18/h4-6,9H,7-8H2,1-3H3,(H,14,16). The average Bonchev–Trinajstić information content (AvgIpc) is 2.28. The molecule has 0 aliphatic carbocycles. The minimum absolute atomic E-state index is 0.0204. The van der Waals surface area contributed by atoms with Crippen molar-refractivity contribution < 1.29 is 9.72 Å². The zero-order valence-electron chi connectivity index (χ0n) is 10.9. The second-order valence-electron chi connectivity index (χ2n) is 5.18. The molecule has 0 spiro atoms. The number of nitro groups is 1. The van der Waals surface area contributed by atoms with Crippen molar-refractivity contribution in [2.24, 2.45) is 5.41 Å². The second kappa shape index (κ2) is 5.62. The maximum atomic E-state index is 11.6. The summed E-state index contributed by atoms with van der Waals surface area (Å²) < 4.78 is 0. The monoisotopic (exact) mass is 250 g/mol. The number of nitrogens with zero attached hydrogens (tertiary/aromatic N) is 1. The largest absolute Gasteiger partial charge is 0.355 e. The van der Waals surface area contributed by atoms with Crippen LogP contribution in [-0.2, 0) is 11.2 Å². The Morgan fingerprint density at radius 3 is 2.61 bits per heavy atom. The third-order valence-corrected chi connectivity index (χ3v) is 2.50. The number of nitrogens with one attached hydrogen (secondary N) is 1. The van der Waals surface area contributed by atoms with Crippen LogP contribution in [0.1, 0.15) is 26.3 Å². The zero-order valence-corrected chi connectivity index (χ0v) is 10.9. The van der Waals surface area contributed by atoms with E-state index in [0.29, 0.717) is 13.0 Å². The van der Waals surface area contributed by atoms with E-state index in [-0.39, 0.29) is 11.6 Å². The topological polar surface area (TPSA) is 72.2 Å². The van der Waals surface area contributed by atoms with Gasteiger partial charge >= 0.3 is 0 Å². The molecule has 98 valence electrons. The van der Waals surface area contributed by atoms with Gasteiger partial charge in [0.1, 0.15) is 0 Å².